The minimum atomic E-state index is -0.0605. The molecule has 2 nitrogen and oxygen atoms in total. The molecule has 4 atom stereocenters. The van der Waals surface area contributed by atoms with Gasteiger partial charge in [-0.15, -0.1) is 36.6 Å². The van der Waals surface area contributed by atoms with E-state index in [2.05, 4.69) is 78.7 Å². The second kappa shape index (κ2) is 8.91. The molecule has 2 aromatic rings. The summed E-state index contributed by atoms with van der Waals surface area (Å²) in [6, 6.07) is 17.1. The number of pyridine rings is 1. The largest absolute Gasteiger partial charge is 0.261 e. The van der Waals surface area contributed by atoms with Gasteiger partial charge < -0.3 is 0 Å². The number of benzene rings is 1. The lowest BCUT2D eigenvalue weighted by atomic mass is 9.59. The van der Waals surface area contributed by atoms with E-state index >= 15 is 0 Å². The molecule has 1 spiro atoms. The van der Waals surface area contributed by atoms with Crippen molar-refractivity contribution < 1.29 is 0 Å². The van der Waals surface area contributed by atoms with E-state index in [0.29, 0.717) is 17.1 Å². The fourth-order valence-electron chi connectivity index (χ4n) is 4.87. The van der Waals surface area contributed by atoms with Gasteiger partial charge >= 0.3 is 0 Å². The van der Waals surface area contributed by atoms with Crippen molar-refractivity contribution >= 4 is 42.8 Å². The topological polar surface area (TPSA) is 25.2 Å². The van der Waals surface area contributed by atoms with Crippen molar-refractivity contribution in [3.63, 3.8) is 0 Å². The van der Waals surface area contributed by atoms with Gasteiger partial charge in [0.05, 0.1) is 11.1 Å². The Morgan fingerprint density at radius 3 is 2.55 bits per heavy atom. The van der Waals surface area contributed by atoms with Crippen molar-refractivity contribution in [2.24, 2.45) is 16.3 Å². The molecule has 3 heterocycles. The average Bonchev–Trinajstić information content (AvgIpc) is 3.00. The summed E-state index contributed by atoms with van der Waals surface area (Å²) in [5.74, 6) is 0.785. The lowest BCUT2D eigenvalue weighted by molar-refractivity contribution is 0.266. The average molecular weight is 443 g/mol. The lowest BCUT2D eigenvalue weighted by Gasteiger charge is -2.44. The van der Waals surface area contributed by atoms with Crippen molar-refractivity contribution in [3.05, 3.63) is 101 Å². The Bertz CT molecular complexity index is 969. The van der Waals surface area contributed by atoms with Gasteiger partial charge in [0.25, 0.3) is 0 Å². The number of nitrogens with zero attached hydrogens (tertiary/aromatic N) is 2. The highest BCUT2D eigenvalue weighted by atomic mass is 35.5. The zero-order valence-electron chi connectivity index (χ0n) is 16.1. The van der Waals surface area contributed by atoms with Gasteiger partial charge in [-0.1, -0.05) is 55.5 Å². The van der Waals surface area contributed by atoms with Gasteiger partial charge in [-0.25, -0.2) is 0 Å². The molecule has 1 saturated heterocycles. The number of rotatable bonds is 3. The summed E-state index contributed by atoms with van der Waals surface area (Å²) in [4.78, 5) is 10.9. The first-order valence-electron chi connectivity index (χ1n) is 9.55. The molecule has 150 valence electrons. The number of hydrogen-bond acceptors (Lipinski definition) is 3. The lowest BCUT2D eigenvalue weighted by Crippen LogP contribution is -2.39. The number of dihydropyridines is 1. The van der Waals surface area contributed by atoms with E-state index < -0.39 is 0 Å². The van der Waals surface area contributed by atoms with Crippen LogP contribution in [0.15, 0.2) is 94.6 Å². The number of allylic oxidation sites excluding steroid dienone is 5. The van der Waals surface area contributed by atoms with E-state index in [-0.39, 0.29) is 30.2 Å². The molecule has 0 saturated carbocycles. The predicted octanol–water partition coefficient (Wildman–Crippen LogP) is 6.41. The molecule has 1 fully saturated rings. The molecular formula is C24H24Cl2N2S. The number of aliphatic imine (C=N–C) groups is 1. The van der Waals surface area contributed by atoms with Crippen LogP contribution in [0.3, 0.4) is 0 Å². The van der Waals surface area contributed by atoms with Crippen LogP contribution >= 0.6 is 36.6 Å². The van der Waals surface area contributed by atoms with Crippen molar-refractivity contribution in [1.29, 1.82) is 0 Å². The highest BCUT2D eigenvalue weighted by molar-refractivity contribution is 8.04. The van der Waals surface area contributed by atoms with Crippen LogP contribution in [0.1, 0.15) is 24.1 Å². The van der Waals surface area contributed by atoms with E-state index in [1.54, 1.807) is 0 Å². The molecule has 2 aliphatic heterocycles. The van der Waals surface area contributed by atoms with Crippen LogP contribution in [-0.2, 0) is 6.42 Å². The zero-order valence-corrected chi connectivity index (χ0v) is 18.6. The Morgan fingerprint density at radius 2 is 1.79 bits per heavy atom. The second-order valence-electron chi connectivity index (χ2n) is 7.47. The normalized spacial score (nSPS) is 28.9. The predicted molar refractivity (Wildman–Crippen MR) is 128 cm³/mol. The summed E-state index contributed by atoms with van der Waals surface area (Å²) in [6.45, 7) is 2.41. The minimum Gasteiger partial charge on any atom is -0.261 e. The first-order chi connectivity index (χ1) is 13.3. The fraction of sp³-hybridized carbons (Fsp3) is 0.250. The quantitative estimate of drug-likeness (QED) is 0.548. The summed E-state index contributed by atoms with van der Waals surface area (Å²) in [5.41, 5.74) is 3.69. The Kier molecular flexibility index (Phi) is 6.72. The SMILES string of the molecule is CC1C(Cc2ccccn2)SC2=CC=NC3=CC=CC(c4ccccc4)C321.Cl.Cl. The summed E-state index contributed by atoms with van der Waals surface area (Å²) in [5, 5.41) is 0.494. The molecule has 0 radical (unpaired) electrons. The molecule has 1 aromatic heterocycles. The number of aromatic nitrogens is 1. The van der Waals surface area contributed by atoms with Crippen LogP contribution in [0.25, 0.3) is 0 Å². The van der Waals surface area contributed by atoms with Crippen LogP contribution in [0.2, 0.25) is 0 Å². The molecule has 29 heavy (non-hydrogen) atoms. The van der Waals surface area contributed by atoms with Gasteiger partial charge in [-0.05, 0) is 35.8 Å². The second-order valence-corrected chi connectivity index (χ2v) is 8.75. The Balaban J connectivity index is 0.00000120. The molecule has 1 aliphatic carbocycles. The molecule has 5 heteroatoms. The van der Waals surface area contributed by atoms with E-state index in [4.69, 9.17) is 4.99 Å². The van der Waals surface area contributed by atoms with Crippen molar-refractivity contribution in [3.8, 4) is 0 Å². The molecule has 0 N–H and O–H groups in total. The molecular weight excluding hydrogens is 419 g/mol. The number of thioether (sulfide) groups is 1. The Morgan fingerprint density at radius 1 is 1.00 bits per heavy atom. The molecule has 0 amide bonds. The first kappa shape index (κ1) is 21.9. The third kappa shape index (κ3) is 3.50. The minimum absolute atomic E-state index is 0. The molecule has 5 rings (SSSR count). The zero-order chi connectivity index (χ0) is 18.3. The first-order valence-corrected chi connectivity index (χ1v) is 10.4. The molecule has 1 aromatic carbocycles. The highest BCUT2D eigenvalue weighted by Gasteiger charge is 2.57. The summed E-state index contributed by atoms with van der Waals surface area (Å²) in [6.07, 6.45) is 13.9. The maximum Gasteiger partial charge on any atom is 0.0574 e. The van der Waals surface area contributed by atoms with E-state index in [1.165, 1.54) is 21.9 Å². The third-order valence-corrected chi connectivity index (χ3v) is 7.77. The Labute approximate surface area is 189 Å². The smallest absolute Gasteiger partial charge is 0.0574 e. The maximum atomic E-state index is 4.83. The van der Waals surface area contributed by atoms with Crippen molar-refractivity contribution in [2.45, 2.75) is 24.5 Å². The fourth-order valence-corrected chi connectivity index (χ4v) is 6.62. The van der Waals surface area contributed by atoms with Gasteiger partial charge in [0.1, 0.15) is 0 Å². The number of halogens is 2. The maximum absolute atomic E-state index is 4.83. The van der Waals surface area contributed by atoms with Gasteiger partial charge in [0.2, 0.25) is 0 Å². The summed E-state index contributed by atoms with van der Waals surface area (Å²) >= 11 is 2.03. The number of hydrogen-bond donors (Lipinski definition) is 0. The monoisotopic (exact) mass is 442 g/mol. The van der Waals surface area contributed by atoms with Crippen molar-refractivity contribution in [1.82, 2.24) is 4.98 Å². The highest BCUT2D eigenvalue weighted by Crippen LogP contribution is 2.67. The van der Waals surface area contributed by atoms with E-state index in [1.807, 2.05) is 30.2 Å². The molecule has 3 aliphatic rings. The Hall–Kier alpha value is -1.81. The van der Waals surface area contributed by atoms with Gasteiger partial charge in [-0.3, -0.25) is 9.98 Å². The van der Waals surface area contributed by atoms with Crippen LogP contribution in [0.4, 0.5) is 0 Å². The van der Waals surface area contributed by atoms with Crippen LogP contribution in [0, 0.1) is 11.3 Å². The molecule has 4 unspecified atom stereocenters. The third-order valence-electron chi connectivity index (χ3n) is 6.17. The van der Waals surface area contributed by atoms with Gasteiger partial charge in [-0.2, -0.15) is 0 Å². The standard InChI is InChI=1S/C24H22N2S.2ClH/c1-17-21(16-19-10-5-6-14-25-19)27-23-13-15-26-22-12-7-11-20(24(17,22)23)18-8-3-2-4-9-18;;/h2-15,17,20-21H,16H2,1H3;2*1H. The van der Waals surface area contributed by atoms with Gasteiger partial charge in [0.15, 0.2) is 0 Å². The van der Waals surface area contributed by atoms with E-state index in [0.717, 1.165) is 6.42 Å². The van der Waals surface area contributed by atoms with Crippen LogP contribution in [-0.4, -0.2) is 16.4 Å². The van der Waals surface area contributed by atoms with Gasteiger partial charge in [0, 0.05) is 40.6 Å². The molecule has 0 bridgehead atoms. The van der Waals surface area contributed by atoms with Crippen LogP contribution < -0.4 is 0 Å². The van der Waals surface area contributed by atoms with E-state index in [9.17, 15) is 0 Å². The van der Waals surface area contributed by atoms with Crippen molar-refractivity contribution in [2.75, 3.05) is 0 Å². The summed E-state index contributed by atoms with van der Waals surface area (Å²) in [7, 11) is 0. The van der Waals surface area contributed by atoms with Crippen LogP contribution in [0.5, 0.6) is 0 Å². The summed E-state index contributed by atoms with van der Waals surface area (Å²) < 4.78 is 0.